The summed E-state index contributed by atoms with van der Waals surface area (Å²) >= 11 is 3.65. The van der Waals surface area contributed by atoms with Gasteiger partial charge in [-0.2, -0.15) is 0 Å². The van der Waals surface area contributed by atoms with Crippen LogP contribution < -0.4 is 14.8 Å². The fourth-order valence-corrected chi connectivity index (χ4v) is 4.14. The minimum Gasteiger partial charge on any atom is -0.493 e. The molecule has 0 aromatic heterocycles. The molecule has 6 heteroatoms. The average Bonchev–Trinajstić information content (AvgIpc) is 2.74. The molecule has 3 rings (SSSR count). The van der Waals surface area contributed by atoms with Gasteiger partial charge in [0, 0.05) is 31.7 Å². The second-order valence-electron chi connectivity index (χ2n) is 7.90. The molecule has 0 radical (unpaired) electrons. The number of morpholine rings is 1. The predicted octanol–water partition coefficient (Wildman–Crippen LogP) is 4.24. The van der Waals surface area contributed by atoms with Crippen molar-refractivity contribution < 1.29 is 14.2 Å². The lowest BCUT2D eigenvalue weighted by Crippen LogP contribution is -2.54. The molecular formula is C23H31BrN2O3. The van der Waals surface area contributed by atoms with Crippen molar-refractivity contribution in [3.63, 3.8) is 0 Å². The van der Waals surface area contributed by atoms with E-state index in [0.29, 0.717) is 6.61 Å². The maximum atomic E-state index is 6.03. The highest BCUT2D eigenvalue weighted by Gasteiger charge is 2.27. The Hall–Kier alpha value is -1.60. The molecular weight excluding hydrogens is 432 g/mol. The SMILES string of the molecule is COc1cc(CNCC(C)(C)N2CCOCC2)cc(Br)c1OCc1ccccc1. The maximum Gasteiger partial charge on any atom is 0.175 e. The fraction of sp³-hybridized carbons (Fsp3) is 0.478. The third kappa shape index (κ3) is 6.19. The molecule has 1 N–H and O–H groups in total. The van der Waals surface area contributed by atoms with Gasteiger partial charge in [-0.25, -0.2) is 0 Å². The van der Waals surface area contributed by atoms with Gasteiger partial charge in [-0.3, -0.25) is 4.90 Å². The highest BCUT2D eigenvalue weighted by Crippen LogP contribution is 2.37. The molecule has 0 aliphatic carbocycles. The van der Waals surface area contributed by atoms with Crippen LogP contribution in [0, 0.1) is 0 Å². The lowest BCUT2D eigenvalue weighted by Gasteiger charge is -2.41. The highest BCUT2D eigenvalue weighted by atomic mass is 79.9. The summed E-state index contributed by atoms with van der Waals surface area (Å²) in [6, 6.07) is 14.3. The van der Waals surface area contributed by atoms with Crippen LogP contribution in [0.25, 0.3) is 0 Å². The van der Waals surface area contributed by atoms with Gasteiger partial charge in [0.1, 0.15) is 6.61 Å². The Labute approximate surface area is 182 Å². The zero-order valence-corrected chi connectivity index (χ0v) is 19.1. The highest BCUT2D eigenvalue weighted by molar-refractivity contribution is 9.10. The van der Waals surface area contributed by atoms with Crippen molar-refractivity contribution in [2.24, 2.45) is 0 Å². The largest absolute Gasteiger partial charge is 0.493 e. The Balaban J connectivity index is 1.59. The monoisotopic (exact) mass is 462 g/mol. The third-order valence-corrected chi connectivity index (χ3v) is 5.86. The van der Waals surface area contributed by atoms with Crippen LogP contribution in [0.5, 0.6) is 11.5 Å². The first-order valence-electron chi connectivity index (χ1n) is 10.1. The summed E-state index contributed by atoms with van der Waals surface area (Å²) in [7, 11) is 1.68. The van der Waals surface area contributed by atoms with Crippen molar-refractivity contribution in [1.29, 1.82) is 0 Å². The van der Waals surface area contributed by atoms with E-state index in [0.717, 1.165) is 66.5 Å². The summed E-state index contributed by atoms with van der Waals surface area (Å²) in [4.78, 5) is 2.49. The lowest BCUT2D eigenvalue weighted by atomic mass is 10.0. The molecule has 0 saturated carbocycles. The zero-order chi connectivity index (χ0) is 20.7. The quantitative estimate of drug-likeness (QED) is 0.603. The maximum absolute atomic E-state index is 6.03. The predicted molar refractivity (Wildman–Crippen MR) is 120 cm³/mol. The number of hydrogen-bond donors (Lipinski definition) is 1. The van der Waals surface area contributed by atoms with Crippen molar-refractivity contribution in [2.75, 3.05) is 40.0 Å². The van der Waals surface area contributed by atoms with Crippen LogP contribution in [0.1, 0.15) is 25.0 Å². The summed E-state index contributed by atoms with van der Waals surface area (Å²) in [5.41, 5.74) is 2.36. The number of hydrogen-bond acceptors (Lipinski definition) is 5. The summed E-state index contributed by atoms with van der Waals surface area (Å²) in [5, 5.41) is 3.60. The van der Waals surface area contributed by atoms with Gasteiger partial charge in [-0.1, -0.05) is 30.3 Å². The van der Waals surface area contributed by atoms with Crippen LogP contribution in [0.3, 0.4) is 0 Å². The van der Waals surface area contributed by atoms with Gasteiger partial charge < -0.3 is 19.5 Å². The Morgan fingerprint density at radius 1 is 1.10 bits per heavy atom. The van der Waals surface area contributed by atoms with Crippen LogP contribution in [-0.4, -0.2) is 50.4 Å². The van der Waals surface area contributed by atoms with E-state index in [1.54, 1.807) is 7.11 Å². The second-order valence-corrected chi connectivity index (χ2v) is 8.75. The molecule has 1 heterocycles. The molecule has 1 saturated heterocycles. The number of nitrogens with one attached hydrogen (secondary N) is 1. The summed E-state index contributed by atoms with van der Waals surface area (Å²) < 4.78 is 18.0. The smallest absolute Gasteiger partial charge is 0.175 e. The van der Waals surface area contributed by atoms with Crippen molar-refractivity contribution >= 4 is 15.9 Å². The van der Waals surface area contributed by atoms with Gasteiger partial charge in [0.2, 0.25) is 0 Å². The first-order valence-corrected chi connectivity index (χ1v) is 10.9. The van der Waals surface area contributed by atoms with E-state index in [4.69, 9.17) is 14.2 Å². The Kier molecular flexibility index (Phi) is 7.95. The molecule has 0 amide bonds. The van der Waals surface area contributed by atoms with Gasteiger partial charge in [-0.15, -0.1) is 0 Å². The van der Waals surface area contributed by atoms with E-state index >= 15 is 0 Å². The van der Waals surface area contributed by atoms with Crippen molar-refractivity contribution in [3.05, 3.63) is 58.1 Å². The molecule has 29 heavy (non-hydrogen) atoms. The van der Waals surface area contributed by atoms with Gasteiger partial charge in [0.25, 0.3) is 0 Å². The van der Waals surface area contributed by atoms with Crippen molar-refractivity contribution in [2.45, 2.75) is 32.5 Å². The average molecular weight is 463 g/mol. The van der Waals surface area contributed by atoms with Gasteiger partial charge in [-0.05, 0) is 53.0 Å². The number of ether oxygens (including phenoxy) is 3. The van der Waals surface area contributed by atoms with E-state index < -0.39 is 0 Å². The van der Waals surface area contributed by atoms with Gasteiger partial charge in [0.05, 0.1) is 24.8 Å². The summed E-state index contributed by atoms with van der Waals surface area (Å²) in [5.74, 6) is 1.47. The summed E-state index contributed by atoms with van der Waals surface area (Å²) in [6.07, 6.45) is 0. The number of methoxy groups -OCH3 is 1. The summed E-state index contributed by atoms with van der Waals surface area (Å²) in [6.45, 7) is 10.3. The Bertz CT molecular complexity index is 777. The Morgan fingerprint density at radius 3 is 2.52 bits per heavy atom. The normalized spacial score (nSPS) is 15.3. The van der Waals surface area contributed by atoms with Crippen molar-refractivity contribution in [3.8, 4) is 11.5 Å². The van der Waals surface area contributed by atoms with E-state index in [1.165, 1.54) is 0 Å². The molecule has 0 atom stereocenters. The molecule has 2 aromatic rings. The second kappa shape index (κ2) is 10.4. The lowest BCUT2D eigenvalue weighted by molar-refractivity contribution is -0.00967. The number of halogens is 1. The van der Waals surface area contributed by atoms with E-state index in [1.807, 2.05) is 24.3 Å². The molecule has 0 spiro atoms. The molecule has 1 aliphatic rings. The van der Waals surface area contributed by atoms with E-state index in [-0.39, 0.29) is 5.54 Å². The van der Waals surface area contributed by atoms with E-state index in [2.05, 4.69) is 58.2 Å². The molecule has 5 nitrogen and oxygen atoms in total. The topological polar surface area (TPSA) is 43.0 Å². The van der Waals surface area contributed by atoms with Crippen LogP contribution in [0.4, 0.5) is 0 Å². The standard InChI is InChI=1S/C23H31BrN2O3/c1-23(2,26-9-11-28-12-10-26)17-25-15-19-13-20(24)22(21(14-19)27-3)29-16-18-7-5-4-6-8-18/h4-8,13-14,25H,9-12,15-17H2,1-3H3. The molecule has 158 valence electrons. The molecule has 1 fully saturated rings. The number of nitrogens with zero attached hydrogens (tertiary/aromatic N) is 1. The third-order valence-electron chi connectivity index (χ3n) is 5.27. The number of rotatable bonds is 9. The zero-order valence-electron chi connectivity index (χ0n) is 17.5. The number of benzene rings is 2. The molecule has 1 aliphatic heterocycles. The van der Waals surface area contributed by atoms with Crippen LogP contribution >= 0.6 is 15.9 Å². The first kappa shape index (κ1) is 22.1. The van der Waals surface area contributed by atoms with Gasteiger partial charge >= 0.3 is 0 Å². The first-order chi connectivity index (χ1) is 14.0. The van der Waals surface area contributed by atoms with Crippen LogP contribution in [0.2, 0.25) is 0 Å². The molecule has 0 bridgehead atoms. The molecule has 2 aromatic carbocycles. The Morgan fingerprint density at radius 2 is 1.83 bits per heavy atom. The minimum atomic E-state index is 0.0871. The molecule has 0 unspecified atom stereocenters. The van der Waals surface area contributed by atoms with Gasteiger partial charge in [0.15, 0.2) is 11.5 Å². The minimum absolute atomic E-state index is 0.0871. The van der Waals surface area contributed by atoms with Crippen LogP contribution in [-0.2, 0) is 17.9 Å². The van der Waals surface area contributed by atoms with Crippen LogP contribution in [0.15, 0.2) is 46.9 Å². The van der Waals surface area contributed by atoms with Crippen molar-refractivity contribution in [1.82, 2.24) is 10.2 Å². The fourth-order valence-electron chi connectivity index (χ4n) is 3.54. The van der Waals surface area contributed by atoms with E-state index in [9.17, 15) is 0 Å².